The molecule has 1 amide bonds. The van der Waals surface area contributed by atoms with E-state index >= 15 is 0 Å². The van der Waals surface area contributed by atoms with Gasteiger partial charge in [0, 0.05) is 32.7 Å². The van der Waals surface area contributed by atoms with E-state index in [2.05, 4.69) is 22.0 Å². The van der Waals surface area contributed by atoms with Crippen LogP contribution in [0.1, 0.15) is 12.5 Å². The lowest BCUT2D eigenvalue weighted by atomic mass is 10.2. The molecule has 0 atom stereocenters. The molecule has 0 saturated carbocycles. The Labute approximate surface area is 138 Å². The standard InChI is InChI=1S/C17H27N3O3/c1-2-15-3-5-16(6-4-15)23-13-17(22)18-14-20-9-7-19(8-10-20)11-12-21/h3-6,21H,2,7-14H2,1H3,(H,18,22). The van der Waals surface area contributed by atoms with Gasteiger partial charge in [0.15, 0.2) is 6.61 Å². The van der Waals surface area contributed by atoms with E-state index < -0.39 is 0 Å². The quantitative estimate of drug-likeness (QED) is 0.721. The van der Waals surface area contributed by atoms with Crippen LogP contribution in [0.4, 0.5) is 0 Å². The predicted octanol–water partition coefficient (Wildman–Crippen LogP) is 0.311. The van der Waals surface area contributed by atoms with Crippen LogP contribution in [0.3, 0.4) is 0 Å². The molecule has 1 aromatic carbocycles. The number of aliphatic hydroxyl groups is 1. The lowest BCUT2D eigenvalue weighted by molar-refractivity contribution is -0.123. The molecule has 1 aliphatic rings. The second-order valence-corrected chi connectivity index (χ2v) is 5.73. The Balaban J connectivity index is 1.61. The Kier molecular flexibility index (Phi) is 7.32. The van der Waals surface area contributed by atoms with E-state index in [1.54, 1.807) is 0 Å². The highest BCUT2D eigenvalue weighted by molar-refractivity contribution is 5.77. The van der Waals surface area contributed by atoms with Crippen LogP contribution in [-0.4, -0.2) is 73.4 Å². The summed E-state index contributed by atoms with van der Waals surface area (Å²) in [6.45, 7) is 7.28. The maximum absolute atomic E-state index is 11.8. The number of hydrogen-bond acceptors (Lipinski definition) is 5. The number of amides is 1. The van der Waals surface area contributed by atoms with Crippen LogP contribution in [0.25, 0.3) is 0 Å². The molecule has 0 spiro atoms. The van der Waals surface area contributed by atoms with Crippen LogP contribution < -0.4 is 10.1 Å². The maximum Gasteiger partial charge on any atom is 0.258 e. The van der Waals surface area contributed by atoms with Crippen LogP contribution in [-0.2, 0) is 11.2 Å². The van der Waals surface area contributed by atoms with E-state index in [9.17, 15) is 4.79 Å². The number of benzene rings is 1. The first kappa shape index (κ1) is 17.7. The summed E-state index contributed by atoms with van der Waals surface area (Å²) in [4.78, 5) is 16.3. The van der Waals surface area contributed by atoms with Crippen molar-refractivity contribution in [1.29, 1.82) is 0 Å². The van der Waals surface area contributed by atoms with Crippen molar-refractivity contribution in [3.8, 4) is 5.75 Å². The molecule has 128 valence electrons. The van der Waals surface area contributed by atoms with Crippen molar-refractivity contribution in [2.45, 2.75) is 13.3 Å². The highest BCUT2D eigenvalue weighted by atomic mass is 16.5. The first-order valence-electron chi connectivity index (χ1n) is 8.25. The number of piperazine rings is 1. The molecule has 1 saturated heterocycles. The zero-order valence-corrected chi connectivity index (χ0v) is 13.8. The molecule has 6 nitrogen and oxygen atoms in total. The third kappa shape index (κ3) is 6.17. The van der Waals surface area contributed by atoms with Crippen LogP contribution in [0.5, 0.6) is 5.75 Å². The molecule has 1 fully saturated rings. The highest BCUT2D eigenvalue weighted by Gasteiger charge is 2.16. The summed E-state index contributed by atoms with van der Waals surface area (Å²) in [6, 6.07) is 7.82. The van der Waals surface area contributed by atoms with Gasteiger partial charge in [0.05, 0.1) is 13.3 Å². The second-order valence-electron chi connectivity index (χ2n) is 5.73. The van der Waals surface area contributed by atoms with Crippen molar-refractivity contribution < 1.29 is 14.6 Å². The summed E-state index contributed by atoms with van der Waals surface area (Å²) in [5, 5.41) is 11.8. The van der Waals surface area contributed by atoms with E-state index in [0.29, 0.717) is 6.67 Å². The minimum absolute atomic E-state index is 0.0376. The van der Waals surface area contributed by atoms with Crippen LogP contribution >= 0.6 is 0 Å². The minimum Gasteiger partial charge on any atom is -0.484 e. The molecule has 2 rings (SSSR count). The first-order valence-corrected chi connectivity index (χ1v) is 8.25. The average molecular weight is 321 g/mol. The van der Waals surface area contributed by atoms with E-state index in [1.807, 2.05) is 24.3 Å². The van der Waals surface area contributed by atoms with Gasteiger partial charge < -0.3 is 15.2 Å². The summed E-state index contributed by atoms with van der Waals surface area (Å²) in [6.07, 6.45) is 0.992. The van der Waals surface area contributed by atoms with Gasteiger partial charge in [0.25, 0.3) is 5.91 Å². The van der Waals surface area contributed by atoms with Crippen molar-refractivity contribution in [2.75, 3.05) is 52.6 Å². The molecule has 2 N–H and O–H groups in total. The number of aryl methyl sites for hydroxylation is 1. The van der Waals surface area contributed by atoms with Gasteiger partial charge in [-0.2, -0.15) is 0 Å². The van der Waals surface area contributed by atoms with Crippen molar-refractivity contribution in [1.82, 2.24) is 15.1 Å². The third-order valence-corrected chi connectivity index (χ3v) is 4.08. The van der Waals surface area contributed by atoms with Gasteiger partial charge in [-0.05, 0) is 24.1 Å². The number of β-amino-alcohol motifs (C(OH)–C–C–N with tert-alkyl or cyclic N) is 1. The summed E-state index contributed by atoms with van der Waals surface area (Å²) >= 11 is 0. The fraction of sp³-hybridized carbons (Fsp3) is 0.588. The number of nitrogens with one attached hydrogen (secondary N) is 1. The number of hydrogen-bond donors (Lipinski definition) is 2. The van der Waals surface area contributed by atoms with Gasteiger partial charge in [-0.15, -0.1) is 0 Å². The normalized spacial score (nSPS) is 16.3. The summed E-state index contributed by atoms with van der Waals surface area (Å²) < 4.78 is 5.49. The van der Waals surface area contributed by atoms with Crippen molar-refractivity contribution >= 4 is 5.91 Å². The molecule has 0 aromatic heterocycles. The van der Waals surface area contributed by atoms with Crippen LogP contribution in [0, 0.1) is 0 Å². The summed E-state index contributed by atoms with van der Waals surface area (Å²) in [7, 11) is 0. The SMILES string of the molecule is CCc1ccc(OCC(=O)NCN2CCN(CCO)CC2)cc1. The average Bonchev–Trinajstić information content (AvgIpc) is 2.60. The fourth-order valence-electron chi connectivity index (χ4n) is 2.53. The Morgan fingerprint density at radius 3 is 2.43 bits per heavy atom. The maximum atomic E-state index is 11.8. The molecule has 0 aliphatic carbocycles. The largest absolute Gasteiger partial charge is 0.484 e. The Morgan fingerprint density at radius 1 is 1.17 bits per heavy atom. The zero-order chi connectivity index (χ0) is 16.5. The van der Waals surface area contributed by atoms with Crippen molar-refractivity contribution in [3.63, 3.8) is 0 Å². The Morgan fingerprint density at radius 2 is 1.83 bits per heavy atom. The van der Waals surface area contributed by atoms with Gasteiger partial charge in [-0.25, -0.2) is 0 Å². The molecule has 1 aromatic rings. The molecular weight excluding hydrogens is 294 g/mol. The van der Waals surface area contributed by atoms with E-state index in [0.717, 1.165) is 44.9 Å². The summed E-state index contributed by atoms with van der Waals surface area (Å²) in [5.41, 5.74) is 1.25. The second kappa shape index (κ2) is 9.50. The van der Waals surface area contributed by atoms with E-state index in [1.165, 1.54) is 5.56 Å². The number of aliphatic hydroxyl groups excluding tert-OH is 1. The topological polar surface area (TPSA) is 65.0 Å². The van der Waals surface area contributed by atoms with Crippen molar-refractivity contribution in [2.24, 2.45) is 0 Å². The smallest absolute Gasteiger partial charge is 0.258 e. The lowest BCUT2D eigenvalue weighted by Gasteiger charge is -2.34. The molecular formula is C17H27N3O3. The van der Waals surface area contributed by atoms with Crippen LogP contribution in [0.2, 0.25) is 0 Å². The third-order valence-electron chi connectivity index (χ3n) is 4.08. The zero-order valence-electron chi connectivity index (χ0n) is 13.8. The fourth-order valence-corrected chi connectivity index (χ4v) is 2.53. The number of carbonyl (C=O) groups is 1. The molecule has 0 radical (unpaired) electrons. The first-order chi connectivity index (χ1) is 11.2. The lowest BCUT2D eigenvalue weighted by Crippen LogP contribution is -2.50. The van der Waals surface area contributed by atoms with Crippen molar-refractivity contribution in [3.05, 3.63) is 29.8 Å². The van der Waals surface area contributed by atoms with Gasteiger partial charge in [-0.3, -0.25) is 14.6 Å². The molecule has 23 heavy (non-hydrogen) atoms. The minimum atomic E-state index is -0.109. The summed E-state index contributed by atoms with van der Waals surface area (Å²) in [5.74, 6) is 0.609. The molecule has 1 heterocycles. The monoisotopic (exact) mass is 321 g/mol. The number of carbonyl (C=O) groups excluding carboxylic acids is 1. The van der Waals surface area contributed by atoms with Gasteiger partial charge in [0.2, 0.25) is 0 Å². The molecule has 1 aliphatic heterocycles. The van der Waals surface area contributed by atoms with Gasteiger partial charge in [-0.1, -0.05) is 19.1 Å². The highest BCUT2D eigenvalue weighted by Crippen LogP contribution is 2.12. The van der Waals surface area contributed by atoms with Crippen LogP contribution in [0.15, 0.2) is 24.3 Å². The van der Waals surface area contributed by atoms with Gasteiger partial charge in [0.1, 0.15) is 5.75 Å². The molecule has 0 bridgehead atoms. The van der Waals surface area contributed by atoms with Gasteiger partial charge >= 0.3 is 0 Å². The number of rotatable bonds is 8. The number of nitrogens with zero attached hydrogens (tertiary/aromatic N) is 2. The molecule has 0 unspecified atom stereocenters. The Bertz CT molecular complexity index is 470. The van der Waals surface area contributed by atoms with E-state index in [-0.39, 0.29) is 19.1 Å². The number of ether oxygens (including phenoxy) is 1. The predicted molar refractivity (Wildman–Crippen MR) is 89.4 cm³/mol. The molecule has 6 heteroatoms. The Hall–Kier alpha value is -1.63. The van der Waals surface area contributed by atoms with E-state index in [4.69, 9.17) is 9.84 Å².